The van der Waals surface area contributed by atoms with Crippen molar-refractivity contribution in [1.82, 2.24) is 0 Å². The van der Waals surface area contributed by atoms with Crippen LogP contribution in [0, 0.1) is 0 Å². The fourth-order valence-electron chi connectivity index (χ4n) is 0.675. The second-order valence-electron chi connectivity index (χ2n) is 2.05. The Kier molecular flexibility index (Phi) is 5.92. The molecule has 0 fully saturated rings. The molecule has 0 saturated heterocycles. The van der Waals surface area contributed by atoms with Crippen LogP contribution in [0.4, 0.5) is 0 Å². The van der Waals surface area contributed by atoms with E-state index >= 15 is 0 Å². The average molecular weight is 366 g/mol. The van der Waals surface area contributed by atoms with Crippen molar-refractivity contribution >= 4 is 82.2 Å². The number of halogens is 2. The van der Waals surface area contributed by atoms with Crippen LogP contribution >= 0.6 is 23.2 Å². The predicted octanol–water partition coefficient (Wildman–Crippen LogP) is 1.32. The minimum absolute atomic E-state index is 0. The Morgan fingerprint density at radius 3 is 2.15 bits per heavy atom. The van der Waals surface area contributed by atoms with E-state index in [0.29, 0.717) is 0 Å². The normalized spacial score (nSPS) is 10.7. The van der Waals surface area contributed by atoms with Gasteiger partial charge in [-0.3, -0.25) is 4.55 Å². The van der Waals surface area contributed by atoms with Crippen LogP contribution in [0.1, 0.15) is 0 Å². The van der Waals surface area contributed by atoms with Gasteiger partial charge in [0.05, 0.1) is 5.02 Å². The Hall–Kier alpha value is 1.28. The molecule has 0 aliphatic carbocycles. The summed E-state index contributed by atoms with van der Waals surface area (Å²) in [7, 11) is -4.27. The molecule has 1 aromatic carbocycles. The third kappa shape index (κ3) is 4.11. The van der Waals surface area contributed by atoms with E-state index in [2.05, 4.69) is 0 Å². The molecule has 1 rings (SSSR count). The zero-order valence-corrected chi connectivity index (χ0v) is 7.99. The van der Waals surface area contributed by atoms with E-state index < -0.39 is 10.1 Å². The van der Waals surface area contributed by atoms with Crippen LogP contribution in [0.15, 0.2) is 23.1 Å². The van der Waals surface area contributed by atoms with Crippen LogP contribution < -0.4 is 0 Å². The first kappa shape index (κ1) is 14.3. The summed E-state index contributed by atoms with van der Waals surface area (Å²) in [5.41, 5.74) is 0. The van der Waals surface area contributed by atoms with E-state index in [9.17, 15) is 8.42 Å². The maximum absolute atomic E-state index is 10.6. The topological polar surface area (TPSA) is 54.4 Å². The predicted molar refractivity (Wildman–Crippen MR) is 54.8 cm³/mol. The van der Waals surface area contributed by atoms with E-state index in [4.69, 9.17) is 27.8 Å². The molecule has 0 atom stereocenters. The van der Waals surface area contributed by atoms with E-state index in [1.807, 2.05) is 0 Å². The van der Waals surface area contributed by atoms with Gasteiger partial charge in [-0.25, -0.2) is 0 Å². The summed E-state index contributed by atoms with van der Waals surface area (Å²) >= 11 is 11.0. The van der Waals surface area contributed by atoms with Crippen molar-refractivity contribution in [3.63, 3.8) is 0 Å². The van der Waals surface area contributed by atoms with Crippen molar-refractivity contribution in [3.8, 4) is 0 Å². The molecule has 13 heavy (non-hydrogen) atoms. The molecule has 1 aromatic rings. The van der Waals surface area contributed by atoms with Crippen LogP contribution in [0.2, 0.25) is 10.0 Å². The van der Waals surface area contributed by atoms with Gasteiger partial charge in [-0.05, 0) is 18.2 Å². The summed E-state index contributed by atoms with van der Waals surface area (Å²) in [5, 5.41) is 0.147. The fraction of sp³-hybridized carbons (Fsp3) is 0. The Labute approximate surface area is 126 Å². The van der Waals surface area contributed by atoms with E-state index in [1.54, 1.807) is 0 Å². The van der Waals surface area contributed by atoms with Crippen LogP contribution in [0.5, 0.6) is 0 Å². The molecule has 0 spiro atoms. The Bertz CT molecular complexity index is 404. The van der Waals surface area contributed by atoms with Crippen molar-refractivity contribution < 1.29 is 13.0 Å². The number of rotatable bonds is 1. The Morgan fingerprint density at radius 1 is 1.23 bits per heavy atom. The van der Waals surface area contributed by atoms with Crippen molar-refractivity contribution in [3.05, 3.63) is 28.2 Å². The van der Waals surface area contributed by atoms with Crippen LogP contribution in [0.3, 0.4) is 0 Å². The summed E-state index contributed by atoms with van der Waals surface area (Å²) in [4.78, 5) is -0.378. The SMILES string of the molecule is O=S(=O)(O)c1cc(Cl)ccc1Cl.[BaH2]. The Morgan fingerprint density at radius 2 is 1.77 bits per heavy atom. The van der Waals surface area contributed by atoms with Gasteiger partial charge in [0.2, 0.25) is 0 Å². The quantitative estimate of drug-likeness (QED) is 0.603. The molecule has 0 unspecified atom stereocenters. The molecule has 7 heteroatoms. The monoisotopic (exact) mass is 366 g/mol. The van der Waals surface area contributed by atoms with Crippen molar-refractivity contribution in [2.45, 2.75) is 4.90 Å². The van der Waals surface area contributed by atoms with Gasteiger partial charge in [0.15, 0.2) is 0 Å². The number of hydrogen-bond acceptors (Lipinski definition) is 2. The van der Waals surface area contributed by atoms with Gasteiger partial charge in [-0.15, -0.1) is 0 Å². The van der Waals surface area contributed by atoms with Gasteiger partial charge in [-0.2, -0.15) is 8.42 Å². The van der Waals surface area contributed by atoms with Crippen molar-refractivity contribution in [2.75, 3.05) is 0 Å². The molecule has 0 aliphatic rings. The van der Waals surface area contributed by atoms with Crippen molar-refractivity contribution in [1.29, 1.82) is 0 Å². The molecular formula is C6H6BaCl2O3S. The molecule has 1 N–H and O–H groups in total. The molecular weight excluding hydrogens is 360 g/mol. The van der Waals surface area contributed by atoms with Gasteiger partial charge in [0, 0.05) is 5.02 Å². The standard InChI is InChI=1S/C6H4Cl2O3S.Ba.2H/c7-4-1-2-5(8)6(3-4)12(9,10)11;;;/h1-3H,(H,9,10,11);;;. The summed E-state index contributed by atoms with van der Waals surface area (Å²) in [6.07, 6.45) is 0. The first-order valence-corrected chi connectivity index (χ1v) is 5.03. The molecule has 0 aromatic heterocycles. The second kappa shape index (κ2) is 5.39. The van der Waals surface area contributed by atoms with Gasteiger partial charge < -0.3 is 0 Å². The molecule has 3 nitrogen and oxygen atoms in total. The van der Waals surface area contributed by atoms with Crippen LogP contribution in [-0.2, 0) is 10.1 Å². The van der Waals surface area contributed by atoms with Crippen LogP contribution in [-0.4, -0.2) is 61.9 Å². The first-order chi connectivity index (χ1) is 5.41. The average Bonchev–Trinajstić information content (AvgIpc) is 1.92. The van der Waals surface area contributed by atoms with Crippen molar-refractivity contribution in [2.24, 2.45) is 0 Å². The third-order valence-electron chi connectivity index (χ3n) is 1.17. The van der Waals surface area contributed by atoms with E-state index in [-0.39, 0.29) is 63.8 Å². The summed E-state index contributed by atoms with van der Waals surface area (Å²) < 4.78 is 29.9. The molecule has 70 valence electrons. The second-order valence-corrected chi connectivity index (χ2v) is 4.28. The Balaban J connectivity index is 0.00000144. The van der Waals surface area contributed by atoms with E-state index in [1.165, 1.54) is 12.1 Å². The summed E-state index contributed by atoms with van der Waals surface area (Å²) in [6.45, 7) is 0. The van der Waals surface area contributed by atoms with Gasteiger partial charge >= 0.3 is 48.9 Å². The molecule has 0 saturated carbocycles. The summed E-state index contributed by atoms with van der Waals surface area (Å²) in [6, 6.07) is 3.81. The number of hydrogen-bond donors (Lipinski definition) is 1. The summed E-state index contributed by atoms with van der Waals surface area (Å²) in [5.74, 6) is 0. The zero-order chi connectivity index (χ0) is 9.35. The van der Waals surface area contributed by atoms with Gasteiger partial charge in [0.1, 0.15) is 4.90 Å². The minimum atomic E-state index is -4.27. The molecule has 0 bridgehead atoms. The molecule has 0 amide bonds. The number of benzene rings is 1. The fourth-order valence-corrected chi connectivity index (χ4v) is 1.91. The zero-order valence-electron chi connectivity index (χ0n) is 5.66. The molecule has 0 heterocycles. The van der Waals surface area contributed by atoms with E-state index in [0.717, 1.165) is 6.07 Å². The van der Waals surface area contributed by atoms with Gasteiger partial charge in [-0.1, -0.05) is 23.2 Å². The maximum atomic E-state index is 10.6. The molecule has 0 aliphatic heterocycles. The third-order valence-corrected chi connectivity index (χ3v) is 2.74. The van der Waals surface area contributed by atoms with Crippen LogP contribution in [0.25, 0.3) is 0 Å². The first-order valence-electron chi connectivity index (χ1n) is 2.84. The van der Waals surface area contributed by atoms with Gasteiger partial charge in [0.25, 0.3) is 10.1 Å². The molecule has 0 radical (unpaired) electrons.